The Bertz CT molecular complexity index is 384. The highest BCUT2D eigenvalue weighted by atomic mass is 32.2. The average Bonchev–Trinajstić information content (AvgIpc) is 2.81. The summed E-state index contributed by atoms with van der Waals surface area (Å²) < 4.78 is 46.4. The smallest absolute Gasteiger partial charge is 0.261 e. The second-order valence-corrected chi connectivity index (χ2v) is 7.60. The number of hydrogen-bond donors (Lipinski definition) is 0. The van der Waals surface area contributed by atoms with Crippen LogP contribution in [0.5, 0.6) is 0 Å². The van der Waals surface area contributed by atoms with Crippen molar-refractivity contribution in [2.24, 2.45) is 0 Å². The molecule has 0 amide bonds. The lowest BCUT2D eigenvalue weighted by molar-refractivity contribution is 0.0127. The molecule has 142 valence electrons. The molecular weight excluding hydrogens is 322 g/mol. The van der Waals surface area contributed by atoms with E-state index in [1.807, 2.05) is 41.5 Å². The van der Waals surface area contributed by atoms with Gasteiger partial charge in [-0.3, -0.25) is 4.90 Å². The summed E-state index contributed by atoms with van der Waals surface area (Å²) in [4.78, 5) is 3.88. The number of sulfone groups is 1. The zero-order valence-electron chi connectivity index (χ0n) is 15.9. The Labute approximate surface area is 142 Å². The fourth-order valence-corrected chi connectivity index (χ4v) is 3.09. The van der Waals surface area contributed by atoms with E-state index in [4.69, 9.17) is 0 Å². The monoisotopic (exact) mass is 358 g/mol. The van der Waals surface area contributed by atoms with Gasteiger partial charge < -0.3 is 4.90 Å². The summed E-state index contributed by atoms with van der Waals surface area (Å²) in [7, 11) is -2.75. The maximum absolute atomic E-state index is 12.3. The molecule has 2 saturated heterocycles. The highest BCUT2D eigenvalue weighted by molar-refractivity contribution is 7.91. The first-order chi connectivity index (χ1) is 10.7. The van der Waals surface area contributed by atoms with Crippen molar-refractivity contribution in [3.63, 3.8) is 0 Å². The number of halogens is 2. The Morgan fingerprint density at radius 1 is 1.00 bits per heavy atom. The van der Waals surface area contributed by atoms with Crippen LogP contribution < -0.4 is 0 Å². The number of hydrogen-bond acceptors (Lipinski definition) is 4. The summed E-state index contributed by atoms with van der Waals surface area (Å²) >= 11 is 0. The molecule has 7 heteroatoms. The van der Waals surface area contributed by atoms with Gasteiger partial charge in [0.1, 0.15) is 0 Å². The van der Waals surface area contributed by atoms with Gasteiger partial charge in [0.15, 0.2) is 9.84 Å². The van der Waals surface area contributed by atoms with Crippen LogP contribution in [0.4, 0.5) is 8.78 Å². The van der Waals surface area contributed by atoms with E-state index in [9.17, 15) is 17.2 Å². The van der Waals surface area contributed by atoms with Gasteiger partial charge in [0.25, 0.3) is 5.92 Å². The van der Waals surface area contributed by atoms with Crippen molar-refractivity contribution >= 4 is 9.84 Å². The highest BCUT2D eigenvalue weighted by Gasteiger charge is 2.37. The fourth-order valence-electron chi connectivity index (χ4n) is 2.13. The van der Waals surface area contributed by atoms with E-state index in [0.29, 0.717) is 6.54 Å². The molecule has 0 atom stereocenters. The SMILES string of the molecule is CC.CC.CCN1CC(S(C)(=O)=O)C1.CCN1CCC(F)(F)C1. The van der Waals surface area contributed by atoms with E-state index in [-0.39, 0.29) is 18.2 Å². The molecule has 2 heterocycles. The van der Waals surface area contributed by atoms with Crippen molar-refractivity contribution < 1.29 is 17.2 Å². The Kier molecular flexibility index (Phi) is 13.2. The van der Waals surface area contributed by atoms with Crippen LogP contribution in [0.15, 0.2) is 0 Å². The first kappa shape index (κ1) is 25.0. The Balaban J connectivity index is 0. The van der Waals surface area contributed by atoms with E-state index in [0.717, 1.165) is 26.2 Å². The maximum atomic E-state index is 12.3. The lowest BCUT2D eigenvalue weighted by Crippen LogP contribution is -2.53. The van der Waals surface area contributed by atoms with E-state index >= 15 is 0 Å². The van der Waals surface area contributed by atoms with Crippen LogP contribution in [0.1, 0.15) is 48.0 Å². The van der Waals surface area contributed by atoms with Crippen LogP contribution in [-0.4, -0.2) is 74.9 Å². The van der Waals surface area contributed by atoms with Crippen molar-refractivity contribution in [3.8, 4) is 0 Å². The van der Waals surface area contributed by atoms with E-state index in [1.165, 1.54) is 6.26 Å². The molecule has 0 spiro atoms. The molecule has 0 N–H and O–H groups in total. The third-order valence-electron chi connectivity index (χ3n) is 3.67. The van der Waals surface area contributed by atoms with Gasteiger partial charge in [-0.1, -0.05) is 41.5 Å². The van der Waals surface area contributed by atoms with Crippen LogP contribution in [0, 0.1) is 0 Å². The summed E-state index contributed by atoms with van der Waals surface area (Å²) in [5, 5.41) is -0.0903. The normalized spacial score (nSPS) is 20.9. The first-order valence-corrected chi connectivity index (χ1v) is 10.6. The predicted molar refractivity (Wildman–Crippen MR) is 95.1 cm³/mol. The van der Waals surface area contributed by atoms with Gasteiger partial charge in [0.2, 0.25) is 0 Å². The Morgan fingerprint density at radius 3 is 1.65 bits per heavy atom. The molecule has 0 bridgehead atoms. The Hall–Kier alpha value is -0.270. The number of rotatable bonds is 3. The molecule has 0 saturated carbocycles. The second kappa shape index (κ2) is 12.1. The van der Waals surface area contributed by atoms with Gasteiger partial charge in [0, 0.05) is 32.3 Å². The molecule has 4 nitrogen and oxygen atoms in total. The van der Waals surface area contributed by atoms with Crippen molar-refractivity contribution in [3.05, 3.63) is 0 Å². The lowest BCUT2D eigenvalue weighted by Gasteiger charge is -2.36. The molecule has 2 aliphatic heterocycles. The summed E-state index contributed by atoms with van der Waals surface area (Å²) in [6.07, 6.45) is 1.35. The Morgan fingerprint density at radius 2 is 1.43 bits per heavy atom. The minimum atomic E-state index is -2.75. The minimum Gasteiger partial charge on any atom is -0.301 e. The quantitative estimate of drug-likeness (QED) is 0.777. The van der Waals surface area contributed by atoms with Gasteiger partial charge in [-0.05, 0) is 13.1 Å². The second-order valence-electron chi connectivity index (χ2n) is 5.28. The minimum absolute atomic E-state index is 0.0382. The van der Waals surface area contributed by atoms with Crippen LogP contribution in [0.2, 0.25) is 0 Å². The third-order valence-corrected chi connectivity index (χ3v) is 5.18. The molecular formula is C16H36F2N2O2S. The van der Waals surface area contributed by atoms with Gasteiger partial charge in [-0.15, -0.1) is 0 Å². The largest absolute Gasteiger partial charge is 0.301 e. The lowest BCUT2D eigenvalue weighted by atomic mass is 10.2. The van der Waals surface area contributed by atoms with Gasteiger partial charge >= 0.3 is 0 Å². The predicted octanol–water partition coefficient (Wildman–Crippen LogP) is 3.13. The summed E-state index contributed by atoms with van der Waals surface area (Å²) in [6.45, 7) is 15.6. The summed E-state index contributed by atoms with van der Waals surface area (Å²) in [6, 6.07) is 0. The van der Waals surface area contributed by atoms with Gasteiger partial charge in [-0.2, -0.15) is 0 Å². The third kappa shape index (κ3) is 10.2. The first-order valence-electron chi connectivity index (χ1n) is 8.69. The maximum Gasteiger partial charge on any atom is 0.261 e. The van der Waals surface area contributed by atoms with Crippen molar-refractivity contribution in [1.82, 2.24) is 9.80 Å². The molecule has 0 aromatic heterocycles. The molecule has 2 aliphatic rings. The van der Waals surface area contributed by atoms with E-state index in [1.54, 1.807) is 4.90 Å². The highest BCUT2D eigenvalue weighted by Crippen LogP contribution is 2.25. The molecule has 2 fully saturated rings. The average molecular weight is 359 g/mol. The van der Waals surface area contributed by atoms with Crippen LogP contribution >= 0.6 is 0 Å². The van der Waals surface area contributed by atoms with Crippen LogP contribution in [0.25, 0.3) is 0 Å². The molecule has 23 heavy (non-hydrogen) atoms. The van der Waals surface area contributed by atoms with Crippen molar-refractivity contribution in [2.45, 2.75) is 59.1 Å². The molecule has 0 aromatic rings. The number of likely N-dealkylation sites (tertiary alicyclic amines) is 2. The zero-order chi connectivity index (χ0) is 18.7. The molecule has 0 aliphatic carbocycles. The van der Waals surface area contributed by atoms with Crippen molar-refractivity contribution in [1.29, 1.82) is 0 Å². The van der Waals surface area contributed by atoms with Gasteiger partial charge in [-0.25, -0.2) is 17.2 Å². The molecule has 0 aromatic carbocycles. The zero-order valence-corrected chi connectivity index (χ0v) is 16.7. The van der Waals surface area contributed by atoms with E-state index < -0.39 is 15.8 Å². The molecule has 0 radical (unpaired) electrons. The standard InChI is InChI=1S/C6H11F2N.C6H13NO2S.2C2H6/c1-2-9-4-3-6(7,8)5-9;1-3-7-4-6(5-7)10(2,8)9;2*1-2/h2-5H2,1H3;6H,3-5H2,1-2H3;2*1-2H3. The topological polar surface area (TPSA) is 40.6 Å². The van der Waals surface area contributed by atoms with Crippen molar-refractivity contribution in [2.75, 3.05) is 45.5 Å². The number of nitrogens with zero attached hydrogens (tertiary/aromatic N) is 2. The summed E-state index contributed by atoms with van der Waals surface area (Å²) in [5.41, 5.74) is 0. The molecule has 2 rings (SSSR count). The van der Waals surface area contributed by atoms with E-state index in [2.05, 4.69) is 4.90 Å². The number of alkyl halides is 2. The molecule has 0 unspecified atom stereocenters. The van der Waals surface area contributed by atoms with Crippen LogP contribution in [-0.2, 0) is 9.84 Å². The fraction of sp³-hybridized carbons (Fsp3) is 1.00. The van der Waals surface area contributed by atoms with Gasteiger partial charge in [0.05, 0.1) is 11.8 Å². The summed E-state index contributed by atoms with van der Waals surface area (Å²) in [5.74, 6) is -2.41. The van der Waals surface area contributed by atoms with Crippen LogP contribution in [0.3, 0.4) is 0 Å².